The Hall–Kier alpha value is -3.13. The van der Waals surface area contributed by atoms with Gasteiger partial charge in [-0.2, -0.15) is 11.8 Å². The van der Waals surface area contributed by atoms with Gasteiger partial charge in [0.2, 0.25) is 0 Å². The van der Waals surface area contributed by atoms with E-state index >= 15 is 0 Å². The minimum Gasteiger partial charge on any atom is -0.363 e. The lowest BCUT2D eigenvalue weighted by Gasteiger charge is -2.27. The van der Waals surface area contributed by atoms with Crippen LogP contribution in [-0.2, 0) is 0 Å². The van der Waals surface area contributed by atoms with E-state index in [0.29, 0.717) is 11.3 Å². The molecule has 1 saturated heterocycles. The van der Waals surface area contributed by atoms with Crippen molar-refractivity contribution in [3.63, 3.8) is 0 Å². The van der Waals surface area contributed by atoms with Crippen LogP contribution in [0.3, 0.4) is 0 Å². The standard InChI is InChI=1S/C23H24FN5OS/c1-16(27-21-14-22(26-15-25-21)29-10-12-31-13-11-29)17-4-8-20(9-5-17)28-23(30)18-2-6-19(24)7-3-18/h2-9,14-16H,10-13H2,1H3,(H,28,30)(H,25,26,27). The molecule has 0 spiro atoms. The number of rotatable bonds is 6. The maximum absolute atomic E-state index is 13.0. The summed E-state index contributed by atoms with van der Waals surface area (Å²) in [5.41, 5.74) is 2.15. The van der Waals surface area contributed by atoms with E-state index in [1.54, 1.807) is 6.33 Å². The molecular formula is C23H24FN5OS. The zero-order valence-electron chi connectivity index (χ0n) is 17.2. The highest BCUT2D eigenvalue weighted by Gasteiger charge is 2.14. The Balaban J connectivity index is 1.37. The molecule has 31 heavy (non-hydrogen) atoms. The first-order valence-corrected chi connectivity index (χ1v) is 11.3. The summed E-state index contributed by atoms with van der Waals surface area (Å²) in [4.78, 5) is 23.3. The number of carbonyl (C=O) groups is 1. The van der Waals surface area contributed by atoms with Crippen LogP contribution in [0.15, 0.2) is 60.9 Å². The Kier molecular flexibility index (Phi) is 6.66. The van der Waals surface area contributed by atoms with Crippen LogP contribution >= 0.6 is 11.8 Å². The second-order valence-corrected chi connectivity index (χ2v) is 8.53. The molecule has 0 aliphatic carbocycles. The molecule has 3 aromatic rings. The largest absolute Gasteiger partial charge is 0.363 e. The minimum absolute atomic E-state index is 0.0292. The number of hydrogen-bond donors (Lipinski definition) is 2. The number of benzene rings is 2. The van der Waals surface area contributed by atoms with Crippen molar-refractivity contribution in [2.45, 2.75) is 13.0 Å². The van der Waals surface area contributed by atoms with E-state index in [2.05, 4.69) is 32.4 Å². The third-order valence-corrected chi connectivity index (χ3v) is 6.07. The van der Waals surface area contributed by atoms with Crippen LogP contribution in [-0.4, -0.2) is 40.5 Å². The fourth-order valence-corrected chi connectivity index (χ4v) is 4.26. The third kappa shape index (κ3) is 5.52. The van der Waals surface area contributed by atoms with Crippen molar-refractivity contribution in [2.75, 3.05) is 40.1 Å². The molecule has 2 heterocycles. The van der Waals surface area contributed by atoms with Gasteiger partial charge in [0.05, 0.1) is 0 Å². The molecule has 6 nitrogen and oxygen atoms in total. The van der Waals surface area contributed by atoms with Crippen molar-refractivity contribution in [2.24, 2.45) is 0 Å². The lowest BCUT2D eigenvalue weighted by molar-refractivity contribution is 0.102. The van der Waals surface area contributed by atoms with E-state index in [9.17, 15) is 9.18 Å². The molecular weight excluding hydrogens is 413 g/mol. The van der Waals surface area contributed by atoms with Crippen molar-refractivity contribution in [3.05, 3.63) is 77.9 Å². The summed E-state index contributed by atoms with van der Waals surface area (Å²) in [7, 11) is 0. The summed E-state index contributed by atoms with van der Waals surface area (Å²) in [5.74, 6) is 3.32. The predicted octanol–water partition coefficient (Wildman–Crippen LogP) is 4.59. The first-order valence-electron chi connectivity index (χ1n) is 10.2. The number of aromatic nitrogens is 2. The number of anilines is 3. The zero-order valence-corrected chi connectivity index (χ0v) is 18.0. The molecule has 1 aliphatic rings. The quantitative estimate of drug-likeness (QED) is 0.588. The van der Waals surface area contributed by atoms with Crippen molar-refractivity contribution in [3.8, 4) is 0 Å². The molecule has 1 aliphatic heterocycles. The fraction of sp³-hybridized carbons (Fsp3) is 0.261. The molecule has 0 saturated carbocycles. The van der Waals surface area contributed by atoms with Crippen molar-refractivity contribution in [1.82, 2.24) is 9.97 Å². The topological polar surface area (TPSA) is 70.2 Å². The number of halogens is 1. The van der Waals surface area contributed by atoms with Gasteiger partial charge in [-0.1, -0.05) is 12.1 Å². The maximum Gasteiger partial charge on any atom is 0.255 e. The molecule has 0 radical (unpaired) electrons. The fourth-order valence-electron chi connectivity index (χ4n) is 3.36. The molecule has 1 aromatic heterocycles. The Labute approximate surface area is 185 Å². The lowest BCUT2D eigenvalue weighted by Crippen LogP contribution is -2.33. The third-order valence-electron chi connectivity index (χ3n) is 5.13. The Bertz CT molecular complexity index is 1020. The molecule has 2 N–H and O–H groups in total. The van der Waals surface area contributed by atoms with Crippen LogP contribution in [0.1, 0.15) is 28.9 Å². The van der Waals surface area contributed by atoms with Gasteiger partial charge in [0, 0.05) is 48.0 Å². The number of thioether (sulfide) groups is 1. The van der Waals surface area contributed by atoms with Crippen molar-refractivity contribution < 1.29 is 9.18 Å². The predicted molar refractivity (Wildman–Crippen MR) is 124 cm³/mol. The van der Waals surface area contributed by atoms with Crippen LogP contribution in [0.2, 0.25) is 0 Å². The van der Waals surface area contributed by atoms with Crippen LogP contribution in [0, 0.1) is 5.82 Å². The molecule has 160 valence electrons. The van der Waals surface area contributed by atoms with Gasteiger partial charge in [-0.15, -0.1) is 0 Å². The van der Waals surface area contributed by atoms with Crippen LogP contribution in [0.4, 0.5) is 21.7 Å². The van der Waals surface area contributed by atoms with Gasteiger partial charge in [0.1, 0.15) is 23.8 Å². The number of carbonyl (C=O) groups excluding carboxylic acids is 1. The van der Waals surface area contributed by atoms with Gasteiger partial charge in [-0.05, 0) is 48.9 Å². The van der Waals surface area contributed by atoms with Crippen LogP contribution in [0.25, 0.3) is 0 Å². The Morgan fingerprint density at radius 1 is 1.06 bits per heavy atom. The highest BCUT2D eigenvalue weighted by Crippen LogP contribution is 2.23. The van der Waals surface area contributed by atoms with Gasteiger partial charge in [0.25, 0.3) is 5.91 Å². The summed E-state index contributed by atoms with van der Waals surface area (Å²) in [6, 6.07) is 15.1. The monoisotopic (exact) mass is 437 g/mol. The molecule has 1 amide bonds. The van der Waals surface area contributed by atoms with Crippen molar-refractivity contribution >= 4 is 35.0 Å². The number of nitrogens with zero attached hydrogens (tertiary/aromatic N) is 3. The molecule has 2 aromatic carbocycles. The smallest absolute Gasteiger partial charge is 0.255 e. The SMILES string of the molecule is CC(Nc1cc(N2CCSCC2)ncn1)c1ccc(NC(=O)c2ccc(F)cc2)cc1. The number of amides is 1. The van der Waals surface area contributed by atoms with E-state index in [1.165, 1.54) is 24.3 Å². The number of hydrogen-bond acceptors (Lipinski definition) is 6. The van der Waals surface area contributed by atoms with E-state index in [0.717, 1.165) is 41.8 Å². The van der Waals surface area contributed by atoms with Gasteiger partial charge in [-0.3, -0.25) is 4.79 Å². The van der Waals surface area contributed by atoms with Gasteiger partial charge < -0.3 is 15.5 Å². The highest BCUT2D eigenvalue weighted by atomic mass is 32.2. The summed E-state index contributed by atoms with van der Waals surface area (Å²) >= 11 is 1.97. The van der Waals surface area contributed by atoms with Gasteiger partial charge in [0.15, 0.2) is 0 Å². The second-order valence-electron chi connectivity index (χ2n) is 7.31. The average molecular weight is 438 g/mol. The normalized spacial score (nSPS) is 14.7. The molecule has 1 fully saturated rings. The first-order chi connectivity index (χ1) is 15.1. The molecule has 4 rings (SSSR count). The van der Waals surface area contributed by atoms with E-state index in [1.807, 2.05) is 42.1 Å². The Morgan fingerprint density at radius 2 is 1.77 bits per heavy atom. The summed E-state index contributed by atoms with van der Waals surface area (Å²) in [6.45, 7) is 4.06. The Morgan fingerprint density at radius 3 is 2.48 bits per heavy atom. The zero-order chi connectivity index (χ0) is 21.6. The minimum atomic E-state index is -0.367. The second kappa shape index (κ2) is 9.78. The summed E-state index contributed by atoms with van der Waals surface area (Å²) < 4.78 is 13.0. The maximum atomic E-state index is 13.0. The van der Waals surface area contributed by atoms with Crippen LogP contribution in [0.5, 0.6) is 0 Å². The van der Waals surface area contributed by atoms with Crippen LogP contribution < -0.4 is 15.5 Å². The molecule has 1 atom stereocenters. The van der Waals surface area contributed by atoms with Gasteiger partial charge >= 0.3 is 0 Å². The number of nitrogens with one attached hydrogen (secondary N) is 2. The van der Waals surface area contributed by atoms with E-state index in [4.69, 9.17) is 0 Å². The molecule has 0 bridgehead atoms. The summed E-state index contributed by atoms with van der Waals surface area (Å²) in [5, 5.41) is 6.25. The lowest BCUT2D eigenvalue weighted by atomic mass is 10.1. The first kappa shape index (κ1) is 21.1. The average Bonchev–Trinajstić information content (AvgIpc) is 2.81. The van der Waals surface area contributed by atoms with Gasteiger partial charge in [-0.25, -0.2) is 14.4 Å². The van der Waals surface area contributed by atoms with E-state index < -0.39 is 0 Å². The van der Waals surface area contributed by atoms with E-state index in [-0.39, 0.29) is 17.8 Å². The highest BCUT2D eigenvalue weighted by molar-refractivity contribution is 7.99. The van der Waals surface area contributed by atoms with Crippen molar-refractivity contribution in [1.29, 1.82) is 0 Å². The molecule has 1 unspecified atom stereocenters. The molecule has 8 heteroatoms. The summed E-state index contributed by atoms with van der Waals surface area (Å²) in [6.07, 6.45) is 1.60.